The molecule has 1 saturated heterocycles. The summed E-state index contributed by atoms with van der Waals surface area (Å²) in [4.78, 5) is 35.8. The molecule has 3 heterocycles. The van der Waals surface area contributed by atoms with Crippen LogP contribution >= 0.6 is 0 Å². The maximum absolute atomic E-state index is 12.8. The lowest BCUT2D eigenvalue weighted by molar-refractivity contribution is -0.192. The summed E-state index contributed by atoms with van der Waals surface area (Å²) < 4.78 is 43.8. The lowest BCUT2D eigenvalue weighted by Crippen LogP contribution is -2.56. The maximum Gasteiger partial charge on any atom is 0.490 e. The van der Waals surface area contributed by atoms with Crippen molar-refractivity contribution >= 4 is 11.9 Å². The second-order valence-electron chi connectivity index (χ2n) is 7.60. The Morgan fingerprint density at radius 3 is 2.67 bits per heavy atom. The summed E-state index contributed by atoms with van der Waals surface area (Å²) in [6.45, 7) is 2.22. The molecule has 33 heavy (non-hydrogen) atoms. The van der Waals surface area contributed by atoms with Crippen LogP contribution < -0.4 is 4.74 Å². The van der Waals surface area contributed by atoms with Crippen LogP contribution in [0.15, 0.2) is 43.0 Å². The van der Waals surface area contributed by atoms with E-state index < -0.39 is 12.1 Å². The number of carbonyl (C=O) groups is 2. The van der Waals surface area contributed by atoms with E-state index in [1.807, 2.05) is 23.1 Å². The fourth-order valence-corrected chi connectivity index (χ4v) is 3.92. The Morgan fingerprint density at radius 2 is 2.03 bits per heavy atom. The zero-order valence-corrected chi connectivity index (χ0v) is 17.6. The number of carboxylic acids is 1. The van der Waals surface area contributed by atoms with E-state index in [1.54, 1.807) is 18.6 Å². The van der Waals surface area contributed by atoms with Crippen LogP contribution in [-0.2, 0) is 9.53 Å². The molecule has 2 aromatic rings. The molecular formula is C21H23F3N4O5. The number of aromatic nitrogens is 3. The van der Waals surface area contributed by atoms with Gasteiger partial charge in [-0.05, 0) is 25.3 Å². The molecule has 0 aromatic carbocycles. The smallest absolute Gasteiger partial charge is 0.477 e. The van der Waals surface area contributed by atoms with Crippen molar-refractivity contribution in [2.45, 2.75) is 31.0 Å². The molecule has 9 nitrogen and oxygen atoms in total. The molecule has 2 aliphatic rings. The van der Waals surface area contributed by atoms with E-state index in [9.17, 15) is 18.0 Å². The summed E-state index contributed by atoms with van der Waals surface area (Å²) in [5.74, 6) is -1.98. The molecule has 2 atom stereocenters. The number of ether oxygens (including phenoxy) is 2. The van der Waals surface area contributed by atoms with Crippen LogP contribution in [0.2, 0.25) is 0 Å². The van der Waals surface area contributed by atoms with Gasteiger partial charge in [0.05, 0.1) is 31.6 Å². The standard InChI is InChI=1S/C19H22N4O3.C2HF3O2/c24-18(16-12-20-8-9-21-16)23-10-11-26-19(14-23)6-3-4-15(19)13-25-17-5-1-2-7-22-17;3-2(4,5)1(6)7/h1-2,5,7-9,12,15H,3-4,6,10-11,13-14H2;(H,6,7)/t15-,19+;/m0./s1. The van der Waals surface area contributed by atoms with Crippen LogP contribution in [0.5, 0.6) is 5.88 Å². The monoisotopic (exact) mass is 468 g/mol. The quantitative estimate of drug-likeness (QED) is 0.728. The largest absolute Gasteiger partial charge is 0.490 e. The molecule has 4 rings (SSSR count). The first-order chi connectivity index (χ1) is 15.7. The first kappa shape index (κ1) is 24.4. The van der Waals surface area contributed by atoms with E-state index >= 15 is 0 Å². The normalized spacial score (nSPS) is 22.4. The minimum absolute atomic E-state index is 0.0860. The average Bonchev–Trinajstić information content (AvgIpc) is 3.19. The Bertz CT molecular complexity index is 933. The van der Waals surface area contributed by atoms with Crippen LogP contribution in [0.4, 0.5) is 13.2 Å². The second kappa shape index (κ2) is 10.6. The predicted octanol–water partition coefficient (Wildman–Crippen LogP) is 2.60. The highest BCUT2D eigenvalue weighted by Gasteiger charge is 2.48. The third-order valence-corrected chi connectivity index (χ3v) is 5.49. The van der Waals surface area contributed by atoms with Crippen LogP contribution in [0.3, 0.4) is 0 Å². The van der Waals surface area contributed by atoms with Gasteiger partial charge < -0.3 is 19.5 Å². The number of hydrogen-bond donors (Lipinski definition) is 1. The van der Waals surface area contributed by atoms with E-state index in [-0.39, 0.29) is 17.4 Å². The molecule has 0 bridgehead atoms. The second-order valence-corrected chi connectivity index (χ2v) is 7.60. The van der Waals surface area contributed by atoms with E-state index in [4.69, 9.17) is 19.4 Å². The van der Waals surface area contributed by atoms with Crippen molar-refractivity contribution in [2.75, 3.05) is 26.3 Å². The molecule has 0 unspecified atom stereocenters. The number of morpholine rings is 1. The van der Waals surface area contributed by atoms with E-state index in [1.165, 1.54) is 6.20 Å². The fourth-order valence-electron chi connectivity index (χ4n) is 3.92. The number of nitrogens with zero attached hydrogens (tertiary/aromatic N) is 4. The first-order valence-electron chi connectivity index (χ1n) is 10.2. The van der Waals surface area contributed by atoms with Gasteiger partial charge in [0.1, 0.15) is 5.69 Å². The van der Waals surface area contributed by atoms with Gasteiger partial charge in [-0.1, -0.05) is 6.07 Å². The predicted molar refractivity (Wildman–Crippen MR) is 107 cm³/mol. The Hall–Kier alpha value is -3.28. The molecular weight excluding hydrogens is 445 g/mol. The summed E-state index contributed by atoms with van der Waals surface area (Å²) >= 11 is 0. The van der Waals surface area contributed by atoms with Gasteiger partial charge in [0.15, 0.2) is 0 Å². The van der Waals surface area contributed by atoms with Crippen molar-refractivity contribution in [1.29, 1.82) is 0 Å². The number of aliphatic carboxylic acids is 1. The Morgan fingerprint density at radius 1 is 1.24 bits per heavy atom. The van der Waals surface area contributed by atoms with Crippen LogP contribution in [0, 0.1) is 5.92 Å². The Balaban J connectivity index is 0.000000383. The molecule has 178 valence electrons. The van der Waals surface area contributed by atoms with E-state index in [0.29, 0.717) is 37.9 Å². The zero-order chi connectivity index (χ0) is 23.9. The zero-order valence-electron chi connectivity index (χ0n) is 17.6. The first-order valence-corrected chi connectivity index (χ1v) is 10.2. The number of alkyl halides is 3. The Labute approximate surface area is 187 Å². The third-order valence-electron chi connectivity index (χ3n) is 5.49. The van der Waals surface area contributed by atoms with Crippen LogP contribution in [-0.4, -0.2) is 74.9 Å². The highest BCUT2D eigenvalue weighted by Crippen LogP contribution is 2.41. The number of carbonyl (C=O) groups excluding carboxylic acids is 1. The van der Waals surface area contributed by atoms with Gasteiger partial charge in [-0.2, -0.15) is 13.2 Å². The third kappa shape index (κ3) is 6.37. The van der Waals surface area contributed by atoms with Gasteiger partial charge in [-0.25, -0.2) is 14.8 Å². The number of hydrogen-bond acceptors (Lipinski definition) is 7. The van der Waals surface area contributed by atoms with Crippen molar-refractivity contribution in [3.8, 4) is 5.88 Å². The summed E-state index contributed by atoms with van der Waals surface area (Å²) in [7, 11) is 0. The number of rotatable bonds is 4. The van der Waals surface area contributed by atoms with E-state index in [2.05, 4.69) is 15.0 Å². The highest BCUT2D eigenvalue weighted by molar-refractivity contribution is 5.92. The average molecular weight is 468 g/mol. The molecule has 2 fully saturated rings. The topological polar surface area (TPSA) is 115 Å². The summed E-state index contributed by atoms with van der Waals surface area (Å²) in [6.07, 6.45) is 4.30. The summed E-state index contributed by atoms with van der Waals surface area (Å²) in [5.41, 5.74) is 0.0362. The van der Waals surface area contributed by atoms with Crippen molar-refractivity contribution < 1.29 is 37.3 Å². The fraction of sp³-hybridized carbons (Fsp3) is 0.476. The highest BCUT2D eigenvalue weighted by atomic mass is 19.4. The molecule has 0 radical (unpaired) electrons. The van der Waals surface area contributed by atoms with Gasteiger partial charge in [0.2, 0.25) is 5.88 Å². The molecule has 1 amide bonds. The molecule has 1 aliphatic carbocycles. The van der Waals surface area contributed by atoms with Crippen molar-refractivity contribution in [1.82, 2.24) is 19.9 Å². The molecule has 1 N–H and O–H groups in total. The van der Waals surface area contributed by atoms with Crippen molar-refractivity contribution in [2.24, 2.45) is 5.92 Å². The van der Waals surface area contributed by atoms with Crippen molar-refractivity contribution in [3.63, 3.8) is 0 Å². The Kier molecular flexibility index (Phi) is 7.79. The van der Waals surface area contributed by atoms with Crippen LogP contribution in [0.1, 0.15) is 29.8 Å². The number of halogens is 3. The van der Waals surface area contributed by atoms with E-state index in [0.717, 1.165) is 19.3 Å². The maximum atomic E-state index is 12.8. The minimum Gasteiger partial charge on any atom is -0.477 e. The van der Waals surface area contributed by atoms with Gasteiger partial charge in [0.25, 0.3) is 5.91 Å². The summed E-state index contributed by atoms with van der Waals surface area (Å²) in [5, 5.41) is 7.12. The minimum atomic E-state index is -5.08. The molecule has 1 spiro atoms. The van der Waals surface area contributed by atoms with Gasteiger partial charge in [-0.15, -0.1) is 0 Å². The van der Waals surface area contributed by atoms with Crippen LogP contribution in [0.25, 0.3) is 0 Å². The van der Waals surface area contributed by atoms with Gasteiger partial charge in [0, 0.05) is 37.1 Å². The van der Waals surface area contributed by atoms with Gasteiger partial charge in [-0.3, -0.25) is 9.78 Å². The molecule has 1 aliphatic heterocycles. The number of amides is 1. The SMILES string of the molecule is O=C(O)C(F)(F)F.O=C(c1cnccn1)N1CCO[C@]2(CCC[C@H]2COc2ccccn2)C1. The molecule has 1 saturated carbocycles. The van der Waals surface area contributed by atoms with Gasteiger partial charge >= 0.3 is 12.1 Å². The molecule has 2 aromatic heterocycles. The summed E-state index contributed by atoms with van der Waals surface area (Å²) in [6, 6.07) is 5.63. The van der Waals surface area contributed by atoms with Crippen molar-refractivity contribution in [3.05, 3.63) is 48.7 Å². The molecule has 12 heteroatoms. The number of pyridine rings is 1. The lowest BCUT2D eigenvalue weighted by Gasteiger charge is -2.43. The number of carboxylic acid groups (broad SMARTS) is 1. The lowest BCUT2D eigenvalue weighted by atomic mass is 9.89.